The summed E-state index contributed by atoms with van der Waals surface area (Å²) < 4.78 is 28.2. The SMILES string of the molecule is Cc1ccccc1CCN1CCN(CCSN(Cc2ccc(C3=NN=C(C(F)F)C3)cc2)c2ccccc2)CC1. The van der Waals surface area contributed by atoms with Crippen LogP contribution in [0.2, 0.25) is 0 Å². The first-order valence-electron chi connectivity index (χ1n) is 14.0. The zero-order valence-electron chi connectivity index (χ0n) is 23.1. The highest BCUT2D eigenvalue weighted by Crippen LogP contribution is 2.26. The van der Waals surface area contributed by atoms with Crippen LogP contribution in [-0.2, 0) is 13.0 Å². The Morgan fingerprint density at radius 1 is 0.825 bits per heavy atom. The van der Waals surface area contributed by atoms with Crippen LogP contribution in [0, 0.1) is 6.92 Å². The van der Waals surface area contributed by atoms with Crippen LogP contribution in [0.25, 0.3) is 0 Å². The van der Waals surface area contributed by atoms with Gasteiger partial charge in [0.1, 0.15) is 5.71 Å². The highest BCUT2D eigenvalue weighted by Gasteiger charge is 2.22. The predicted molar refractivity (Wildman–Crippen MR) is 164 cm³/mol. The second kappa shape index (κ2) is 14.0. The minimum absolute atomic E-state index is 0.115. The third-order valence-electron chi connectivity index (χ3n) is 7.64. The van der Waals surface area contributed by atoms with Crippen molar-refractivity contribution in [2.24, 2.45) is 10.2 Å². The lowest BCUT2D eigenvalue weighted by Crippen LogP contribution is -2.47. The standard InChI is InChI=1S/C32H37F2N5S/c1-25-7-5-6-8-27(25)15-16-37-17-19-38(20-18-37)21-22-40-39(29-9-3-2-4-10-29)24-26-11-13-28(14-12-26)30-23-31(32(33)34)36-35-30/h2-14,32H,15-24H2,1H3. The molecule has 0 radical (unpaired) electrons. The molecule has 2 aliphatic heterocycles. The van der Waals surface area contributed by atoms with Crippen molar-refractivity contribution in [1.29, 1.82) is 0 Å². The maximum Gasteiger partial charge on any atom is 0.278 e. The van der Waals surface area contributed by atoms with Gasteiger partial charge < -0.3 is 9.21 Å². The van der Waals surface area contributed by atoms with Gasteiger partial charge in [-0.1, -0.05) is 66.7 Å². The van der Waals surface area contributed by atoms with E-state index in [1.165, 1.54) is 16.8 Å². The molecule has 0 saturated carbocycles. The highest BCUT2D eigenvalue weighted by molar-refractivity contribution is 8.00. The van der Waals surface area contributed by atoms with Crippen molar-refractivity contribution >= 4 is 29.1 Å². The van der Waals surface area contributed by atoms with E-state index >= 15 is 0 Å². The molecule has 1 saturated heterocycles. The van der Waals surface area contributed by atoms with Gasteiger partial charge in [0.15, 0.2) is 0 Å². The summed E-state index contributed by atoms with van der Waals surface area (Å²) in [5.41, 5.74) is 6.47. The van der Waals surface area contributed by atoms with E-state index in [4.69, 9.17) is 0 Å². The molecule has 40 heavy (non-hydrogen) atoms. The molecule has 0 spiro atoms. The van der Waals surface area contributed by atoms with Crippen molar-refractivity contribution in [2.75, 3.05) is 49.3 Å². The number of alkyl halides is 2. The molecule has 2 heterocycles. The first-order chi connectivity index (χ1) is 19.5. The largest absolute Gasteiger partial charge is 0.312 e. The average molecular weight is 562 g/mol. The molecule has 1 fully saturated rings. The van der Waals surface area contributed by atoms with E-state index in [0.717, 1.165) is 69.1 Å². The van der Waals surface area contributed by atoms with E-state index < -0.39 is 6.43 Å². The molecule has 0 N–H and O–H groups in total. The van der Waals surface area contributed by atoms with Crippen molar-refractivity contribution in [1.82, 2.24) is 9.80 Å². The summed E-state index contributed by atoms with van der Waals surface area (Å²) in [6.45, 7) is 9.62. The monoisotopic (exact) mass is 561 g/mol. The van der Waals surface area contributed by atoms with E-state index in [9.17, 15) is 8.78 Å². The topological polar surface area (TPSA) is 34.4 Å². The summed E-state index contributed by atoms with van der Waals surface area (Å²) >= 11 is 1.86. The van der Waals surface area contributed by atoms with Crippen LogP contribution in [0.3, 0.4) is 0 Å². The minimum atomic E-state index is -2.55. The van der Waals surface area contributed by atoms with Gasteiger partial charge in [-0.3, -0.25) is 4.90 Å². The second-order valence-corrected chi connectivity index (χ2v) is 11.5. The normalized spacial score (nSPS) is 16.3. The summed E-state index contributed by atoms with van der Waals surface area (Å²) in [5, 5.41) is 7.61. The number of rotatable bonds is 12. The van der Waals surface area contributed by atoms with Crippen molar-refractivity contribution in [3.05, 3.63) is 101 Å². The predicted octanol–water partition coefficient (Wildman–Crippen LogP) is 6.32. The summed E-state index contributed by atoms with van der Waals surface area (Å²) in [6.07, 6.45) is -1.32. The smallest absolute Gasteiger partial charge is 0.278 e. The molecule has 0 aromatic heterocycles. The highest BCUT2D eigenvalue weighted by atomic mass is 32.2. The molecule has 2 aliphatic rings. The molecule has 0 aliphatic carbocycles. The van der Waals surface area contributed by atoms with Gasteiger partial charge in [0.25, 0.3) is 6.43 Å². The quantitative estimate of drug-likeness (QED) is 0.242. The van der Waals surface area contributed by atoms with Gasteiger partial charge in [0, 0.05) is 57.1 Å². The number of para-hydroxylation sites is 1. The Hall–Kier alpha value is -3.07. The molecule has 3 aromatic rings. The van der Waals surface area contributed by atoms with Crippen LogP contribution in [0.5, 0.6) is 0 Å². The van der Waals surface area contributed by atoms with Crippen molar-refractivity contribution < 1.29 is 8.78 Å². The number of halogens is 2. The zero-order chi connectivity index (χ0) is 27.7. The summed E-state index contributed by atoms with van der Waals surface area (Å²) in [7, 11) is 0. The fourth-order valence-corrected chi connectivity index (χ4v) is 6.18. The lowest BCUT2D eigenvalue weighted by molar-refractivity contribution is 0.139. The number of aryl methyl sites for hydroxylation is 1. The molecule has 5 rings (SSSR count). The van der Waals surface area contributed by atoms with Crippen LogP contribution in [0.15, 0.2) is 89.1 Å². The van der Waals surface area contributed by atoms with Gasteiger partial charge >= 0.3 is 0 Å². The first kappa shape index (κ1) is 28.5. The Morgan fingerprint density at radius 3 is 2.17 bits per heavy atom. The number of hydrogen-bond donors (Lipinski definition) is 0. The Bertz CT molecular complexity index is 1290. The Balaban J connectivity index is 1.09. The number of anilines is 1. The van der Waals surface area contributed by atoms with Crippen LogP contribution in [0.1, 0.15) is 28.7 Å². The van der Waals surface area contributed by atoms with Crippen molar-refractivity contribution in [3.8, 4) is 0 Å². The fraction of sp³-hybridized carbons (Fsp3) is 0.375. The molecule has 0 atom stereocenters. The van der Waals surface area contributed by atoms with E-state index in [1.54, 1.807) is 0 Å². The average Bonchev–Trinajstić information content (AvgIpc) is 3.49. The second-order valence-electron chi connectivity index (χ2n) is 10.4. The maximum absolute atomic E-state index is 12.9. The van der Waals surface area contributed by atoms with E-state index in [1.807, 2.05) is 30.1 Å². The number of nitrogens with zero attached hydrogens (tertiary/aromatic N) is 5. The fourth-order valence-electron chi connectivity index (χ4n) is 5.11. The number of hydrogen-bond acceptors (Lipinski definition) is 6. The molecular formula is C32H37F2N5S. The molecule has 8 heteroatoms. The molecular weight excluding hydrogens is 524 g/mol. The lowest BCUT2D eigenvalue weighted by Gasteiger charge is -2.35. The van der Waals surface area contributed by atoms with E-state index in [2.05, 4.69) is 91.9 Å². The van der Waals surface area contributed by atoms with Gasteiger partial charge in [-0.25, -0.2) is 8.78 Å². The van der Waals surface area contributed by atoms with E-state index in [0.29, 0.717) is 5.71 Å². The van der Waals surface area contributed by atoms with E-state index in [-0.39, 0.29) is 12.1 Å². The zero-order valence-corrected chi connectivity index (χ0v) is 23.9. The van der Waals surface area contributed by atoms with Gasteiger partial charge in [-0.15, -0.1) is 0 Å². The van der Waals surface area contributed by atoms with Crippen LogP contribution in [0.4, 0.5) is 14.5 Å². The molecule has 0 amide bonds. The summed E-state index contributed by atoms with van der Waals surface area (Å²) in [5.74, 6) is 1.01. The summed E-state index contributed by atoms with van der Waals surface area (Å²) in [6, 6.07) is 27.2. The third-order valence-corrected chi connectivity index (χ3v) is 8.65. The van der Waals surface area contributed by atoms with Gasteiger partial charge in [0.05, 0.1) is 12.3 Å². The van der Waals surface area contributed by atoms with Gasteiger partial charge in [0.2, 0.25) is 0 Å². The van der Waals surface area contributed by atoms with Gasteiger partial charge in [-0.05, 0) is 59.7 Å². The van der Waals surface area contributed by atoms with Crippen LogP contribution in [-0.4, -0.2) is 72.7 Å². The first-order valence-corrected chi connectivity index (χ1v) is 14.9. The van der Waals surface area contributed by atoms with Crippen molar-refractivity contribution in [3.63, 3.8) is 0 Å². The summed E-state index contributed by atoms with van der Waals surface area (Å²) in [4.78, 5) is 5.17. The third kappa shape index (κ3) is 7.77. The van der Waals surface area contributed by atoms with Crippen molar-refractivity contribution in [2.45, 2.75) is 32.7 Å². The van der Waals surface area contributed by atoms with Crippen LogP contribution >= 0.6 is 11.9 Å². The Labute approximate surface area is 240 Å². The molecule has 0 bridgehead atoms. The number of benzene rings is 3. The van der Waals surface area contributed by atoms with Crippen LogP contribution < -0.4 is 4.31 Å². The lowest BCUT2D eigenvalue weighted by atomic mass is 10.0. The minimum Gasteiger partial charge on any atom is -0.312 e. The molecule has 3 aromatic carbocycles. The molecule has 0 unspecified atom stereocenters. The van der Waals surface area contributed by atoms with Gasteiger partial charge in [-0.2, -0.15) is 10.2 Å². The number of piperazine rings is 1. The molecule has 5 nitrogen and oxygen atoms in total. The maximum atomic E-state index is 12.9. The molecule has 210 valence electrons. The Kier molecular flexibility index (Phi) is 9.97. The Morgan fingerprint density at radius 2 is 1.50 bits per heavy atom.